The highest BCUT2D eigenvalue weighted by molar-refractivity contribution is 5.90. The number of carbonyl (C=O) groups is 3. The number of nitrogens with one attached hydrogen (secondary N) is 1. The number of cyclic esters (lactones) is 1. The number of hydroxylamine groups is 2. The third-order valence-corrected chi connectivity index (χ3v) is 6.32. The van der Waals surface area contributed by atoms with Crippen LogP contribution in [0.25, 0.3) is 0 Å². The van der Waals surface area contributed by atoms with E-state index in [1.54, 1.807) is 15.9 Å². The molecule has 1 atom stereocenters. The lowest BCUT2D eigenvalue weighted by Crippen LogP contribution is -2.52. The fraction of sp³-hybridized carbons (Fsp3) is 0.609. The molecule has 0 aliphatic carbocycles. The van der Waals surface area contributed by atoms with Gasteiger partial charge in [0.15, 0.2) is 0 Å². The first-order chi connectivity index (χ1) is 17.6. The lowest BCUT2D eigenvalue weighted by molar-refractivity contribution is -0.132. The predicted molar refractivity (Wildman–Crippen MR) is 129 cm³/mol. The monoisotopic (exact) mass is 530 g/mol. The Morgan fingerprint density at radius 3 is 2.51 bits per heavy atom. The van der Waals surface area contributed by atoms with E-state index in [1.165, 1.54) is 29.2 Å². The summed E-state index contributed by atoms with van der Waals surface area (Å²) in [4.78, 5) is 48.1. The molecule has 2 aliphatic rings. The maximum atomic E-state index is 15.1. The van der Waals surface area contributed by atoms with Gasteiger partial charge >= 0.3 is 18.5 Å². The van der Waals surface area contributed by atoms with Crippen molar-refractivity contribution in [2.24, 2.45) is 0 Å². The normalized spacial score (nSPS) is 18.2. The highest BCUT2D eigenvalue weighted by Gasteiger charge is 2.33. The molecule has 2 aliphatic heterocycles. The molecule has 11 nitrogen and oxygen atoms in total. The molecule has 14 heteroatoms. The summed E-state index contributed by atoms with van der Waals surface area (Å²) in [5, 5.41) is 3.26. The average molecular weight is 531 g/mol. The Morgan fingerprint density at radius 1 is 1.22 bits per heavy atom. The van der Waals surface area contributed by atoms with Crippen LogP contribution in [-0.4, -0.2) is 118 Å². The molecule has 3 rings (SSSR count). The standard InChI is InChI=1S/C23H33F3N6O5/c1-4-29(11-12-32(36-3)22(34)30-9-7-28(2)8-10-30)19-6-5-16(13-18(19)24)31-15-17(37-23(31)35)14-27-21(33)20(25)26/h5-6,13,17,20H,4,7-12,14-15H2,1-3H3,(H,27,33)/t17-/m0/s1. The van der Waals surface area contributed by atoms with E-state index in [1.807, 2.05) is 19.3 Å². The highest BCUT2D eigenvalue weighted by atomic mass is 19.3. The Morgan fingerprint density at radius 2 is 1.92 bits per heavy atom. The van der Waals surface area contributed by atoms with Crippen LogP contribution in [0.3, 0.4) is 0 Å². The van der Waals surface area contributed by atoms with E-state index in [0.29, 0.717) is 26.2 Å². The highest BCUT2D eigenvalue weighted by Crippen LogP contribution is 2.28. The second-order valence-corrected chi connectivity index (χ2v) is 8.74. The smallest absolute Gasteiger partial charge is 0.414 e. The number of urea groups is 1. The lowest BCUT2D eigenvalue weighted by Gasteiger charge is -2.35. The summed E-state index contributed by atoms with van der Waals surface area (Å²) in [6, 6.07) is 4.01. The maximum absolute atomic E-state index is 15.1. The summed E-state index contributed by atoms with van der Waals surface area (Å²) < 4.78 is 44.9. The SMILES string of the molecule is CCN(CCN(OC)C(=O)N1CCN(C)CC1)c1ccc(N2C[C@H](CNC(=O)C(F)F)OC2=O)cc1F. The van der Waals surface area contributed by atoms with Crippen molar-refractivity contribution in [2.45, 2.75) is 19.5 Å². The number of nitrogens with zero attached hydrogens (tertiary/aromatic N) is 5. The number of alkyl halides is 2. The predicted octanol–water partition coefficient (Wildman–Crippen LogP) is 1.59. The molecule has 0 saturated carbocycles. The van der Waals surface area contributed by atoms with Crippen LogP contribution < -0.4 is 15.1 Å². The first-order valence-electron chi connectivity index (χ1n) is 12.0. The van der Waals surface area contributed by atoms with Crippen LogP contribution in [0, 0.1) is 5.82 Å². The zero-order chi connectivity index (χ0) is 27.1. The Kier molecular flexibility index (Phi) is 9.80. The first kappa shape index (κ1) is 28.3. The quantitative estimate of drug-likeness (QED) is 0.459. The molecule has 1 N–H and O–H groups in total. The number of carbonyl (C=O) groups excluding carboxylic acids is 3. The largest absolute Gasteiger partial charge is 0.442 e. The van der Waals surface area contributed by atoms with Crippen LogP contribution in [0.5, 0.6) is 0 Å². The van der Waals surface area contributed by atoms with E-state index in [2.05, 4.69) is 4.90 Å². The number of likely N-dealkylation sites (N-methyl/N-ethyl adjacent to an activating group) is 2. The van der Waals surface area contributed by atoms with Crippen molar-refractivity contribution in [3.63, 3.8) is 0 Å². The van der Waals surface area contributed by atoms with Gasteiger partial charge < -0.3 is 24.8 Å². The van der Waals surface area contributed by atoms with Gasteiger partial charge in [-0.3, -0.25) is 14.5 Å². The van der Waals surface area contributed by atoms with Crippen molar-refractivity contribution in [1.82, 2.24) is 20.2 Å². The number of ether oxygens (including phenoxy) is 1. The summed E-state index contributed by atoms with van der Waals surface area (Å²) in [6.45, 7) is 5.25. The van der Waals surface area contributed by atoms with Crippen LogP contribution in [0.2, 0.25) is 0 Å². The summed E-state index contributed by atoms with van der Waals surface area (Å²) in [6.07, 6.45) is -4.78. The Bertz CT molecular complexity index is 963. The molecule has 0 unspecified atom stereocenters. The number of piperazine rings is 1. The minimum atomic E-state index is -3.17. The van der Waals surface area contributed by atoms with Crippen LogP contribution in [0.15, 0.2) is 18.2 Å². The molecule has 2 saturated heterocycles. The van der Waals surface area contributed by atoms with Crippen molar-refractivity contribution < 1.29 is 37.1 Å². The van der Waals surface area contributed by atoms with E-state index < -0.39 is 30.3 Å². The van der Waals surface area contributed by atoms with Crippen LogP contribution in [0.4, 0.5) is 34.1 Å². The summed E-state index contributed by atoms with van der Waals surface area (Å²) in [7, 11) is 3.41. The fourth-order valence-electron chi connectivity index (χ4n) is 4.13. The zero-order valence-corrected chi connectivity index (χ0v) is 21.2. The second-order valence-electron chi connectivity index (χ2n) is 8.74. The molecule has 0 aromatic heterocycles. The van der Waals surface area contributed by atoms with Crippen LogP contribution in [0.1, 0.15) is 6.92 Å². The molecular formula is C23H33F3N6O5. The zero-order valence-electron chi connectivity index (χ0n) is 21.2. The van der Waals surface area contributed by atoms with E-state index >= 15 is 4.39 Å². The average Bonchev–Trinajstić information content (AvgIpc) is 3.26. The van der Waals surface area contributed by atoms with Gasteiger partial charge in [0.25, 0.3) is 5.91 Å². The Balaban J connectivity index is 1.60. The number of rotatable bonds is 10. The van der Waals surface area contributed by atoms with Crippen LogP contribution in [-0.2, 0) is 14.4 Å². The molecule has 4 amide bonds. The number of amides is 4. The molecule has 1 aromatic rings. The number of anilines is 2. The molecule has 37 heavy (non-hydrogen) atoms. The van der Waals surface area contributed by atoms with Gasteiger partial charge in [-0.2, -0.15) is 8.78 Å². The Hall–Kier alpha value is -3.26. The Labute approximate surface area is 213 Å². The van der Waals surface area contributed by atoms with E-state index in [9.17, 15) is 23.2 Å². The van der Waals surface area contributed by atoms with Gasteiger partial charge in [0.1, 0.15) is 11.9 Å². The van der Waals surface area contributed by atoms with Crippen molar-refractivity contribution >= 4 is 29.4 Å². The molecule has 2 fully saturated rings. The molecule has 2 heterocycles. The van der Waals surface area contributed by atoms with Gasteiger partial charge in [0, 0.05) is 39.3 Å². The van der Waals surface area contributed by atoms with Gasteiger partial charge in [-0.15, -0.1) is 0 Å². The van der Waals surface area contributed by atoms with Gasteiger partial charge in [-0.1, -0.05) is 0 Å². The third kappa shape index (κ3) is 7.16. The third-order valence-electron chi connectivity index (χ3n) is 6.32. The van der Waals surface area contributed by atoms with Crippen molar-refractivity contribution in [3.8, 4) is 0 Å². The van der Waals surface area contributed by atoms with Crippen LogP contribution >= 0.6 is 0 Å². The molecular weight excluding hydrogens is 497 g/mol. The van der Waals surface area contributed by atoms with E-state index in [4.69, 9.17) is 9.57 Å². The van der Waals surface area contributed by atoms with Crippen molar-refractivity contribution in [2.75, 3.05) is 82.9 Å². The van der Waals surface area contributed by atoms with Crippen molar-refractivity contribution in [1.29, 1.82) is 0 Å². The second kappa shape index (κ2) is 12.8. The topological polar surface area (TPSA) is 97.9 Å². The van der Waals surface area contributed by atoms with Gasteiger partial charge in [-0.05, 0) is 32.2 Å². The fourth-order valence-corrected chi connectivity index (χ4v) is 4.13. The van der Waals surface area contributed by atoms with E-state index in [0.717, 1.165) is 13.1 Å². The summed E-state index contributed by atoms with van der Waals surface area (Å²) in [5.74, 6) is -2.04. The molecule has 0 bridgehead atoms. The maximum Gasteiger partial charge on any atom is 0.414 e. The lowest BCUT2D eigenvalue weighted by atomic mass is 10.2. The van der Waals surface area contributed by atoms with Gasteiger partial charge in [0.2, 0.25) is 0 Å². The number of benzene rings is 1. The van der Waals surface area contributed by atoms with E-state index in [-0.39, 0.29) is 37.0 Å². The summed E-state index contributed by atoms with van der Waals surface area (Å²) >= 11 is 0. The summed E-state index contributed by atoms with van der Waals surface area (Å²) in [5.41, 5.74) is 0.511. The molecule has 0 spiro atoms. The molecule has 0 radical (unpaired) electrons. The van der Waals surface area contributed by atoms with Gasteiger partial charge in [-0.25, -0.2) is 19.0 Å². The van der Waals surface area contributed by atoms with Gasteiger partial charge in [0.05, 0.1) is 38.1 Å². The van der Waals surface area contributed by atoms with Crippen molar-refractivity contribution in [3.05, 3.63) is 24.0 Å². The number of halogens is 3. The first-order valence-corrected chi connectivity index (χ1v) is 12.0. The molecule has 206 valence electrons. The number of hydrogen-bond donors (Lipinski definition) is 1. The minimum Gasteiger partial charge on any atom is -0.442 e. The number of hydrogen-bond acceptors (Lipinski definition) is 7. The minimum absolute atomic E-state index is 0.0319. The molecule has 1 aromatic carbocycles.